The molecule has 5 nitrogen and oxygen atoms in total. The summed E-state index contributed by atoms with van der Waals surface area (Å²) in [6, 6.07) is 16.4. The van der Waals surface area contributed by atoms with E-state index in [-0.39, 0.29) is 24.2 Å². The number of hydrogen-bond donors (Lipinski definition) is 0. The minimum atomic E-state index is -0.376. The van der Waals surface area contributed by atoms with Crippen molar-refractivity contribution in [1.29, 1.82) is 0 Å². The van der Waals surface area contributed by atoms with Crippen LogP contribution in [0.5, 0.6) is 5.75 Å². The molecular weight excluding hydrogens is 354 g/mol. The predicted octanol–water partition coefficient (Wildman–Crippen LogP) is 4.57. The van der Waals surface area contributed by atoms with Gasteiger partial charge in [0.25, 0.3) is 5.91 Å². The summed E-state index contributed by atoms with van der Waals surface area (Å²) in [5, 5.41) is 0.896. The summed E-state index contributed by atoms with van der Waals surface area (Å²) in [5.41, 5.74) is 1.90. The van der Waals surface area contributed by atoms with Gasteiger partial charge in [-0.3, -0.25) is 4.79 Å². The molecule has 0 aliphatic heterocycles. The molecule has 0 aliphatic rings. The molecule has 146 valence electrons. The van der Waals surface area contributed by atoms with Gasteiger partial charge in [-0.05, 0) is 50.1 Å². The summed E-state index contributed by atoms with van der Waals surface area (Å²) in [6.07, 6.45) is 1.75. The zero-order valence-electron chi connectivity index (χ0n) is 16.5. The Labute approximate surface area is 164 Å². The molecule has 0 fully saturated rings. The lowest BCUT2D eigenvalue weighted by Crippen LogP contribution is -2.40. The molecule has 0 radical (unpaired) electrons. The molecule has 0 saturated heterocycles. The molecule has 0 spiro atoms. The fourth-order valence-corrected chi connectivity index (χ4v) is 3.31. The van der Waals surface area contributed by atoms with Crippen molar-refractivity contribution in [2.24, 2.45) is 0 Å². The summed E-state index contributed by atoms with van der Waals surface area (Å²) in [5.74, 6) is 0.358. The molecule has 2 aromatic carbocycles. The summed E-state index contributed by atoms with van der Waals surface area (Å²) in [6.45, 7) is 5.89. The number of amides is 1. The van der Waals surface area contributed by atoms with Gasteiger partial charge in [-0.25, -0.2) is 4.79 Å². The third-order valence-corrected chi connectivity index (χ3v) is 4.50. The van der Waals surface area contributed by atoms with Crippen LogP contribution < -0.4 is 15.3 Å². The van der Waals surface area contributed by atoms with E-state index in [4.69, 9.17) is 9.15 Å². The highest BCUT2D eigenvalue weighted by molar-refractivity contribution is 5.95. The van der Waals surface area contributed by atoms with Crippen LogP contribution in [0.15, 0.2) is 63.8 Å². The SMILES string of the molecule is CCCc1cc(=O)oc2cc(OCC(=O)N(c3ccccc3)C(C)C)ccc12. The molecule has 3 rings (SSSR count). The zero-order chi connectivity index (χ0) is 20.1. The van der Waals surface area contributed by atoms with Gasteiger partial charge < -0.3 is 14.1 Å². The number of fused-ring (bicyclic) bond motifs is 1. The summed E-state index contributed by atoms with van der Waals surface area (Å²) >= 11 is 0. The number of para-hydroxylation sites is 1. The molecule has 0 aliphatic carbocycles. The zero-order valence-corrected chi connectivity index (χ0v) is 16.5. The summed E-state index contributed by atoms with van der Waals surface area (Å²) < 4.78 is 11.0. The van der Waals surface area contributed by atoms with Gasteiger partial charge in [-0.2, -0.15) is 0 Å². The molecule has 1 heterocycles. The fraction of sp³-hybridized carbons (Fsp3) is 0.304. The van der Waals surface area contributed by atoms with Gasteiger partial charge in [0.2, 0.25) is 0 Å². The van der Waals surface area contributed by atoms with Gasteiger partial charge in [0.15, 0.2) is 6.61 Å². The van der Waals surface area contributed by atoms with E-state index in [9.17, 15) is 9.59 Å². The first kappa shape index (κ1) is 19.7. The number of anilines is 1. The Morgan fingerprint density at radius 2 is 1.86 bits per heavy atom. The van der Waals surface area contributed by atoms with Crippen molar-refractivity contribution >= 4 is 22.6 Å². The van der Waals surface area contributed by atoms with Crippen LogP contribution in [0.4, 0.5) is 5.69 Å². The number of hydrogen-bond acceptors (Lipinski definition) is 4. The maximum atomic E-state index is 12.7. The van der Waals surface area contributed by atoms with Gasteiger partial charge >= 0.3 is 5.63 Å². The second-order valence-electron chi connectivity index (χ2n) is 6.98. The van der Waals surface area contributed by atoms with E-state index in [1.165, 1.54) is 6.07 Å². The number of ether oxygens (including phenoxy) is 1. The van der Waals surface area contributed by atoms with Crippen molar-refractivity contribution in [1.82, 2.24) is 0 Å². The number of benzene rings is 2. The maximum Gasteiger partial charge on any atom is 0.336 e. The lowest BCUT2D eigenvalue weighted by atomic mass is 10.1. The molecule has 3 aromatic rings. The Kier molecular flexibility index (Phi) is 6.14. The van der Waals surface area contributed by atoms with Crippen molar-refractivity contribution in [3.63, 3.8) is 0 Å². The standard InChI is InChI=1S/C23H25NO4/c1-4-8-17-13-23(26)28-21-14-19(11-12-20(17)21)27-15-22(25)24(16(2)3)18-9-6-5-7-10-18/h5-7,9-14,16H,4,8,15H2,1-3H3. The van der Waals surface area contributed by atoms with E-state index >= 15 is 0 Å². The van der Waals surface area contributed by atoms with Gasteiger partial charge in [0.1, 0.15) is 11.3 Å². The Hall–Kier alpha value is -3.08. The lowest BCUT2D eigenvalue weighted by Gasteiger charge is -2.26. The minimum Gasteiger partial charge on any atom is -0.484 e. The van der Waals surface area contributed by atoms with Crippen LogP contribution in [0.25, 0.3) is 11.0 Å². The Morgan fingerprint density at radius 3 is 2.54 bits per heavy atom. The van der Waals surface area contributed by atoms with E-state index < -0.39 is 0 Å². The first-order valence-electron chi connectivity index (χ1n) is 9.56. The number of carbonyl (C=O) groups excluding carboxylic acids is 1. The topological polar surface area (TPSA) is 59.8 Å². The monoisotopic (exact) mass is 379 g/mol. The van der Waals surface area contributed by atoms with Crippen LogP contribution in [-0.2, 0) is 11.2 Å². The number of nitrogens with zero attached hydrogens (tertiary/aromatic N) is 1. The molecule has 0 N–H and O–H groups in total. The number of rotatable bonds is 7. The van der Waals surface area contributed by atoms with E-state index in [2.05, 4.69) is 6.92 Å². The molecular formula is C23H25NO4. The molecule has 28 heavy (non-hydrogen) atoms. The Morgan fingerprint density at radius 1 is 1.11 bits per heavy atom. The number of aryl methyl sites for hydroxylation is 1. The van der Waals surface area contributed by atoms with E-state index in [1.807, 2.05) is 50.2 Å². The van der Waals surface area contributed by atoms with E-state index in [0.29, 0.717) is 11.3 Å². The van der Waals surface area contributed by atoms with Crippen molar-refractivity contribution in [3.8, 4) is 5.75 Å². The smallest absolute Gasteiger partial charge is 0.336 e. The first-order valence-corrected chi connectivity index (χ1v) is 9.56. The largest absolute Gasteiger partial charge is 0.484 e. The van der Waals surface area contributed by atoms with Crippen molar-refractivity contribution in [3.05, 3.63) is 70.6 Å². The molecule has 0 atom stereocenters. The molecule has 1 amide bonds. The second kappa shape index (κ2) is 8.74. The van der Waals surface area contributed by atoms with Crippen LogP contribution in [0.3, 0.4) is 0 Å². The molecule has 0 bridgehead atoms. The third-order valence-electron chi connectivity index (χ3n) is 4.50. The van der Waals surface area contributed by atoms with Crippen molar-refractivity contribution < 1.29 is 13.9 Å². The van der Waals surface area contributed by atoms with E-state index in [0.717, 1.165) is 29.5 Å². The highest BCUT2D eigenvalue weighted by Gasteiger charge is 2.19. The maximum absolute atomic E-state index is 12.7. The number of carbonyl (C=O) groups is 1. The highest BCUT2D eigenvalue weighted by Crippen LogP contribution is 2.24. The van der Waals surface area contributed by atoms with Gasteiger partial charge in [0, 0.05) is 29.2 Å². The normalized spacial score (nSPS) is 11.0. The van der Waals surface area contributed by atoms with Crippen LogP contribution in [-0.4, -0.2) is 18.6 Å². The minimum absolute atomic E-state index is 0.00438. The van der Waals surface area contributed by atoms with Crippen LogP contribution in [0.2, 0.25) is 0 Å². The average molecular weight is 379 g/mol. The fourth-order valence-electron chi connectivity index (χ4n) is 3.31. The predicted molar refractivity (Wildman–Crippen MR) is 111 cm³/mol. The third kappa shape index (κ3) is 4.42. The van der Waals surface area contributed by atoms with Crippen LogP contribution >= 0.6 is 0 Å². The molecule has 1 aromatic heterocycles. The van der Waals surface area contributed by atoms with Crippen molar-refractivity contribution in [2.75, 3.05) is 11.5 Å². The second-order valence-corrected chi connectivity index (χ2v) is 6.98. The quantitative estimate of drug-likeness (QED) is 0.565. The van der Waals surface area contributed by atoms with Gasteiger partial charge in [-0.1, -0.05) is 31.5 Å². The van der Waals surface area contributed by atoms with Crippen LogP contribution in [0.1, 0.15) is 32.8 Å². The summed E-state index contributed by atoms with van der Waals surface area (Å²) in [7, 11) is 0. The average Bonchev–Trinajstić information content (AvgIpc) is 2.67. The molecule has 0 unspecified atom stereocenters. The Bertz CT molecular complexity index is 1010. The molecule has 0 saturated carbocycles. The van der Waals surface area contributed by atoms with E-state index in [1.54, 1.807) is 17.0 Å². The first-order chi connectivity index (χ1) is 13.5. The highest BCUT2D eigenvalue weighted by atomic mass is 16.5. The van der Waals surface area contributed by atoms with Gasteiger partial charge in [-0.15, -0.1) is 0 Å². The summed E-state index contributed by atoms with van der Waals surface area (Å²) in [4.78, 5) is 26.3. The van der Waals surface area contributed by atoms with Crippen molar-refractivity contribution in [2.45, 2.75) is 39.7 Å². The lowest BCUT2D eigenvalue weighted by molar-refractivity contribution is -0.120. The van der Waals surface area contributed by atoms with Crippen LogP contribution in [0, 0.1) is 0 Å². The Balaban J connectivity index is 1.79. The molecule has 5 heteroatoms. The van der Waals surface area contributed by atoms with Gasteiger partial charge in [0.05, 0.1) is 0 Å².